The summed E-state index contributed by atoms with van der Waals surface area (Å²) in [4.78, 5) is 25.5. The molecule has 0 saturated carbocycles. The molecule has 0 spiro atoms. The number of methoxy groups -OCH3 is 3. The first-order chi connectivity index (χ1) is 17.5. The van der Waals surface area contributed by atoms with Gasteiger partial charge in [0.25, 0.3) is 0 Å². The molecule has 194 valence electrons. The summed E-state index contributed by atoms with van der Waals surface area (Å²) in [5, 5.41) is 13.6. The zero-order valence-corrected chi connectivity index (χ0v) is 21.2. The summed E-state index contributed by atoms with van der Waals surface area (Å²) in [6.45, 7) is 0.301. The maximum atomic E-state index is 12.8. The fraction of sp³-hybridized carbons (Fsp3) is 0.462. The van der Waals surface area contributed by atoms with Gasteiger partial charge in [0.2, 0.25) is 18.4 Å². The van der Waals surface area contributed by atoms with Crippen molar-refractivity contribution in [2.24, 2.45) is 11.8 Å². The van der Waals surface area contributed by atoms with Crippen molar-refractivity contribution < 1.29 is 38.4 Å². The van der Waals surface area contributed by atoms with Crippen LogP contribution in [0.15, 0.2) is 24.3 Å². The third-order valence-electron chi connectivity index (χ3n) is 6.79. The lowest BCUT2D eigenvalue weighted by Gasteiger charge is -2.42. The van der Waals surface area contributed by atoms with Crippen molar-refractivity contribution in [1.29, 1.82) is 0 Å². The predicted molar refractivity (Wildman–Crippen MR) is 131 cm³/mol. The van der Waals surface area contributed by atoms with E-state index in [1.165, 1.54) is 14.2 Å². The number of phenols is 1. The van der Waals surface area contributed by atoms with Gasteiger partial charge in [0.15, 0.2) is 23.0 Å². The van der Waals surface area contributed by atoms with Gasteiger partial charge in [-0.15, -0.1) is 11.6 Å². The van der Waals surface area contributed by atoms with Crippen molar-refractivity contribution in [3.8, 4) is 28.7 Å². The molecule has 2 aromatic rings. The van der Waals surface area contributed by atoms with Gasteiger partial charge in [-0.1, -0.05) is 0 Å². The van der Waals surface area contributed by atoms with Crippen LogP contribution in [0.3, 0.4) is 0 Å². The van der Waals surface area contributed by atoms with Crippen LogP contribution < -0.4 is 24.3 Å². The van der Waals surface area contributed by atoms with Crippen LogP contribution in [-0.2, 0) is 14.3 Å². The number of rotatable bonds is 10. The lowest BCUT2D eigenvalue weighted by molar-refractivity contribution is -0.124. The second-order valence-corrected chi connectivity index (χ2v) is 9.13. The number of halogens is 1. The van der Waals surface area contributed by atoms with Crippen LogP contribution in [0.1, 0.15) is 41.5 Å². The monoisotopic (exact) mass is 519 g/mol. The molecule has 0 aromatic heterocycles. The molecule has 0 bridgehead atoms. The normalized spacial score (nSPS) is 22.0. The molecule has 4 atom stereocenters. The number of aldehydes is 1. The molecule has 4 rings (SSSR count). The summed E-state index contributed by atoms with van der Waals surface area (Å²) >= 11 is 5.79. The van der Waals surface area contributed by atoms with E-state index in [0.29, 0.717) is 29.4 Å². The van der Waals surface area contributed by atoms with Crippen molar-refractivity contribution in [3.05, 3.63) is 41.0 Å². The maximum Gasteiger partial charge on any atom is 0.231 e. The Morgan fingerprint density at radius 1 is 1.11 bits per heavy atom. The number of hydrogen-bond donors (Lipinski definition) is 2. The number of hydrogen-bond acceptors (Lipinski definition) is 8. The van der Waals surface area contributed by atoms with Gasteiger partial charge in [-0.3, -0.25) is 4.79 Å². The van der Waals surface area contributed by atoms with Crippen LogP contribution in [0.25, 0.3) is 0 Å². The van der Waals surface area contributed by atoms with Gasteiger partial charge >= 0.3 is 0 Å². The minimum atomic E-state index is -0.588. The first-order valence-electron chi connectivity index (χ1n) is 11.6. The van der Waals surface area contributed by atoms with Crippen LogP contribution in [0.4, 0.5) is 0 Å². The van der Waals surface area contributed by atoms with E-state index in [1.807, 2.05) is 12.1 Å². The van der Waals surface area contributed by atoms with Crippen molar-refractivity contribution in [3.63, 3.8) is 0 Å². The smallest absolute Gasteiger partial charge is 0.231 e. The zero-order chi connectivity index (χ0) is 25.8. The lowest BCUT2D eigenvalue weighted by Crippen LogP contribution is -2.44. The second-order valence-electron chi connectivity index (χ2n) is 8.76. The summed E-state index contributed by atoms with van der Waals surface area (Å²) in [6, 6.07) is 6.58. The molecule has 2 N–H and O–H groups in total. The van der Waals surface area contributed by atoms with Crippen molar-refractivity contribution in [2.75, 3.05) is 40.6 Å². The molecule has 10 heteroatoms. The summed E-state index contributed by atoms with van der Waals surface area (Å²) < 4.78 is 27.6. The average molecular weight is 520 g/mol. The third-order valence-corrected chi connectivity index (χ3v) is 7.05. The largest absolute Gasteiger partial charge is 0.502 e. The molecule has 1 amide bonds. The standard InChI is InChI=1S/C26H30ClNO8/c1-32-12-18-17(11-29)24(14-7-21(33-2)26(31)22(8-14)34-3)15-9-19-20(36-13-35-19)10-16(15)25(18)28-23(30)5-4-6-27/h7-11,17-18,24-25,31H,4-6,12-13H2,1-3H3,(H,28,30)/t17?,18-,24?,25+/m0/s1. The van der Waals surface area contributed by atoms with Crippen molar-refractivity contribution in [1.82, 2.24) is 5.32 Å². The third kappa shape index (κ3) is 4.77. The molecule has 0 saturated heterocycles. The van der Waals surface area contributed by atoms with E-state index in [9.17, 15) is 14.7 Å². The van der Waals surface area contributed by atoms with E-state index >= 15 is 0 Å². The molecule has 1 aliphatic heterocycles. The van der Waals surface area contributed by atoms with E-state index in [1.54, 1.807) is 19.2 Å². The minimum Gasteiger partial charge on any atom is -0.502 e. The molecule has 36 heavy (non-hydrogen) atoms. The topological polar surface area (TPSA) is 113 Å². The van der Waals surface area contributed by atoms with Gasteiger partial charge < -0.3 is 38.9 Å². The number of ether oxygens (including phenoxy) is 5. The Morgan fingerprint density at radius 2 is 1.75 bits per heavy atom. The van der Waals surface area contributed by atoms with Crippen LogP contribution in [0, 0.1) is 11.8 Å². The lowest BCUT2D eigenvalue weighted by atomic mass is 9.64. The maximum absolute atomic E-state index is 12.8. The van der Waals surface area contributed by atoms with Gasteiger partial charge in [-0.25, -0.2) is 0 Å². The Labute approximate surface area is 214 Å². The molecule has 2 aliphatic rings. The first kappa shape index (κ1) is 25.9. The number of amides is 1. The highest BCUT2D eigenvalue weighted by molar-refractivity contribution is 6.17. The van der Waals surface area contributed by atoms with Gasteiger partial charge in [-0.2, -0.15) is 0 Å². The molecule has 1 aliphatic carbocycles. The Morgan fingerprint density at radius 3 is 2.31 bits per heavy atom. The second kappa shape index (κ2) is 11.3. The number of nitrogens with one attached hydrogen (secondary N) is 1. The van der Waals surface area contributed by atoms with Gasteiger partial charge in [0, 0.05) is 37.2 Å². The molecule has 0 fully saturated rings. The summed E-state index contributed by atoms with van der Waals surface area (Å²) in [5.41, 5.74) is 2.29. The number of carbonyl (C=O) groups excluding carboxylic acids is 2. The molecular weight excluding hydrogens is 490 g/mol. The summed E-state index contributed by atoms with van der Waals surface area (Å²) in [5.74, 6) is 0.184. The molecule has 2 aromatic carbocycles. The molecule has 0 radical (unpaired) electrons. The minimum absolute atomic E-state index is 0.0785. The fourth-order valence-electron chi connectivity index (χ4n) is 5.15. The summed E-state index contributed by atoms with van der Waals surface area (Å²) in [7, 11) is 4.45. The predicted octanol–water partition coefficient (Wildman–Crippen LogP) is 3.54. The SMILES string of the molecule is COC[C@H]1C(C=O)C(c2cc(OC)c(O)c(OC)c2)c2cc3c(cc2[C@H]1NC(=O)CCCCl)OCO3. The number of fused-ring (bicyclic) bond motifs is 2. The number of carbonyl (C=O) groups is 2. The molecule has 2 unspecified atom stereocenters. The Kier molecular flexibility index (Phi) is 8.11. The van der Waals surface area contributed by atoms with Crippen LogP contribution in [0.5, 0.6) is 28.7 Å². The van der Waals surface area contributed by atoms with Crippen LogP contribution in [-0.4, -0.2) is 57.9 Å². The summed E-state index contributed by atoms with van der Waals surface area (Å²) in [6.07, 6.45) is 1.70. The van der Waals surface area contributed by atoms with E-state index in [4.69, 9.17) is 35.3 Å². The highest BCUT2D eigenvalue weighted by atomic mass is 35.5. The quantitative estimate of drug-likeness (QED) is 0.362. The highest BCUT2D eigenvalue weighted by Gasteiger charge is 2.45. The number of benzene rings is 2. The average Bonchev–Trinajstić information content (AvgIpc) is 3.35. The molecule has 9 nitrogen and oxygen atoms in total. The molecule has 1 heterocycles. The van der Waals surface area contributed by atoms with Crippen LogP contribution >= 0.6 is 11.6 Å². The zero-order valence-electron chi connectivity index (χ0n) is 20.4. The number of alkyl halides is 1. The van der Waals surface area contributed by atoms with Crippen molar-refractivity contribution >= 4 is 23.8 Å². The number of aromatic hydroxyl groups is 1. The van der Waals surface area contributed by atoms with E-state index in [-0.39, 0.29) is 43.0 Å². The van der Waals surface area contributed by atoms with Gasteiger partial charge in [0.05, 0.1) is 26.9 Å². The number of phenolic OH excluding ortho intramolecular Hbond substituents is 1. The van der Waals surface area contributed by atoms with Gasteiger partial charge in [-0.05, 0) is 47.4 Å². The molecular formula is C26H30ClNO8. The van der Waals surface area contributed by atoms with Crippen molar-refractivity contribution in [2.45, 2.75) is 24.8 Å². The van der Waals surface area contributed by atoms with E-state index < -0.39 is 23.8 Å². The fourth-order valence-corrected chi connectivity index (χ4v) is 5.29. The van der Waals surface area contributed by atoms with Crippen LogP contribution in [0.2, 0.25) is 0 Å². The Hall–Kier alpha value is -3.17. The first-order valence-corrected chi connectivity index (χ1v) is 12.2. The van der Waals surface area contributed by atoms with E-state index in [2.05, 4.69) is 5.32 Å². The van der Waals surface area contributed by atoms with Gasteiger partial charge in [0.1, 0.15) is 6.29 Å². The highest BCUT2D eigenvalue weighted by Crippen LogP contribution is 2.53. The Bertz CT molecular complexity index is 1100. The van der Waals surface area contributed by atoms with E-state index in [0.717, 1.165) is 17.4 Å². The Balaban J connectivity index is 1.91.